The van der Waals surface area contributed by atoms with Gasteiger partial charge in [-0.1, -0.05) is 198 Å². The molecule has 0 bridgehead atoms. The molecule has 0 fully saturated rings. The van der Waals surface area contributed by atoms with E-state index in [1.165, 1.54) is 197 Å². The van der Waals surface area contributed by atoms with Crippen molar-refractivity contribution in [2.75, 3.05) is 13.6 Å². The number of aryl methyl sites for hydroxylation is 3. The van der Waals surface area contributed by atoms with Gasteiger partial charge in [0.25, 0.3) is 0 Å². The van der Waals surface area contributed by atoms with Gasteiger partial charge in [0.2, 0.25) is 0 Å². The van der Waals surface area contributed by atoms with Gasteiger partial charge in [-0.15, -0.1) is 0 Å². The SMILES string of the molecule is C=C(CCCNC)CCc1ccc(CCCCCCCCC(=C)CC(CCCCCCCC)CCCCCCCC)c(CCCCCC)c1. The Morgan fingerprint density at radius 3 is 1.59 bits per heavy atom. The molecule has 49 heavy (non-hydrogen) atoms. The Balaban J connectivity index is 2.38. The summed E-state index contributed by atoms with van der Waals surface area (Å²) in [5, 5.41) is 3.26. The summed E-state index contributed by atoms with van der Waals surface area (Å²) >= 11 is 0. The van der Waals surface area contributed by atoms with Crippen LogP contribution in [0.15, 0.2) is 42.5 Å². The van der Waals surface area contributed by atoms with Crippen LogP contribution in [0, 0.1) is 5.92 Å². The van der Waals surface area contributed by atoms with E-state index in [-0.39, 0.29) is 0 Å². The smallest absolute Gasteiger partial charge is 0.00489 e. The molecule has 0 radical (unpaired) electrons. The fourth-order valence-corrected chi connectivity index (χ4v) is 7.70. The van der Waals surface area contributed by atoms with Crippen LogP contribution in [0.5, 0.6) is 0 Å². The van der Waals surface area contributed by atoms with Crippen LogP contribution in [-0.2, 0) is 19.3 Å². The molecule has 0 amide bonds. The molecule has 0 saturated heterocycles. The van der Waals surface area contributed by atoms with Crippen LogP contribution in [0.25, 0.3) is 0 Å². The summed E-state index contributed by atoms with van der Waals surface area (Å²) in [6, 6.07) is 7.46. The quantitative estimate of drug-likeness (QED) is 0.0546. The Hall–Kier alpha value is -1.34. The zero-order chi connectivity index (χ0) is 35.6. The zero-order valence-electron chi connectivity index (χ0n) is 34.1. The Bertz CT molecular complexity index is 880. The van der Waals surface area contributed by atoms with E-state index < -0.39 is 0 Å². The molecule has 1 rings (SSSR count). The minimum Gasteiger partial charge on any atom is -0.320 e. The lowest BCUT2D eigenvalue weighted by molar-refractivity contribution is 0.396. The number of unbranched alkanes of at least 4 members (excludes halogenated alkanes) is 18. The van der Waals surface area contributed by atoms with E-state index in [0.717, 1.165) is 31.7 Å². The highest BCUT2D eigenvalue weighted by Crippen LogP contribution is 2.27. The Morgan fingerprint density at radius 1 is 0.510 bits per heavy atom. The summed E-state index contributed by atoms with van der Waals surface area (Å²) in [7, 11) is 2.04. The van der Waals surface area contributed by atoms with Crippen molar-refractivity contribution in [1.82, 2.24) is 5.32 Å². The van der Waals surface area contributed by atoms with Crippen molar-refractivity contribution in [1.29, 1.82) is 0 Å². The van der Waals surface area contributed by atoms with Gasteiger partial charge in [0.15, 0.2) is 0 Å². The molecule has 0 aliphatic carbocycles. The molecule has 0 spiro atoms. The van der Waals surface area contributed by atoms with Crippen LogP contribution in [0.1, 0.15) is 224 Å². The number of hydrogen-bond donors (Lipinski definition) is 1. The van der Waals surface area contributed by atoms with Crippen LogP contribution >= 0.6 is 0 Å². The van der Waals surface area contributed by atoms with Gasteiger partial charge in [-0.25, -0.2) is 0 Å². The van der Waals surface area contributed by atoms with Crippen molar-refractivity contribution in [3.63, 3.8) is 0 Å². The molecule has 0 atom stereocenters. The zero-order valence-corrected chi connectivity index (χ0v) is 34.1. The average molecular weight is 678 g/mol. The molecule has 1 heteroatoms. The van der Waals surface area contributed by atoms with Gasteiger partial charge in [0.05, 0.1) is 0 Å². The third-order valence-electron chi connectivity index (χ3n) is 11.0. The van der Waals surface area contributed by atoms with Gasteiger partial charge in [0, 0.05) is 0 Å². The predicted molar refractivity (Wildman–Crippen MR) is 224 cm³/mol. The molecule has 0 aliphatic heterocycles. The lowest BCUT2D eigenvalue weighted by Crippen LogP contribution is -2.07. The summed E-state index contributed by atoms with van der Waals surface area (Å²) in [5.41, 5.74) is 7.74. The van der Waals surface area contributed by atoms with Gasteiger partial charge in [-0.3, -0.25) is 0 Å². The normalized spacial score (nSPS) is 11.5. The summed E-state index contributed by atoms with van der Waals surface area (Å²) in [6.45, 7) is 17.0. The number of nitrogens with one attached hydrogen (secondary N) is 1. The van der Waals surface area contributed by atoms with E-state index >= 15 is 0 Å². The lowest BCUT2D eigenvalue weighted by atomic mass is 9.87. The molecule has 1 N–H and O–H groups in total. The molecule has 1 aromatic carbocycles. The Kier molecular flexibility index (Phi) is 31.5. The minimum atomic E-state index is 0.892. The molecular formula is C48H87N. The summed E-state index contributed by atoms with van der Waals surface area (Å²) in [4.78, 5) is 0. The van der Waals surface area contributed by atoms with E-state index in [1.54, 1.807) is 16.7 Å². The largest absolute Gasteiger partial charge is 0.320 e. The van der Waals surface area contributed by atoms with Gasteiger partial charge in [-0.2, -0.15) is 0 Å². The van der Waals surface area contributed by atoms with E-state index in [4.69, 9.17) is 0 Å². The predicted octanol–water partition coefficient (Wildman–Crippen LogP) is 15.6. The monoisotopic (exact) mass is 678 g/mol. The number of rotatable bonds is 37. The fourth-order valence-electron chi connectivity index (χ4n) is 7.70. The first-order valence-electron chi connectivity index (χ1n) is 22.1. The van der Waals surface area contributed by atoms with Crippen molar-refractivity contribution in [3.8, 4) is 0 Å². The van der Waals surface area contributed by atoms with Crippen LogP contribution < -0.4 is 5.32 Å². The van der Waals surface area contributed by atoms with Crippen LogP contribution in [0.4, 0.5) is 0 Å². The van der Waals surface area contributed by atoms with Crippen molar-refractivity contribution in [3.05, 3.63) is 59.2 Å². The summed E-state index contributed by atoms with van der Waals surface area (Å²) in [6.07, 6.45) is 43.3. The second kappa shape index (κ2) is 33.8. The molecule has 284 valence electrons. The van der Waals surface area contributed by atoms with Crippen molar-refractivity contribution < 1.29 is 0 Å². The molecular weight excluding hydrogens is 591 g/mol. The minimum absolute atomic E-state index is 0.892. The van der Waals surface area contributed by atoms with Crippen molar-refractivity contribution >= 4 is 0 Å². The lowest BCUT2D eigenvalue weighted by Gasteiger charge is -2.19. The fraction of sp³-hybridized carbons (Fsp3) is 0.792. The Labute approximate surface area is 309 Å². The second-order valence-electron chi connectivity index (χ2n) is 15.9. The molecule has 0 aliphatic rings. The molecule has 0 unspecified atom stereocenters. The van der Waals surface area contributed by atoms with Crippen LogP contribution in [0.3, 0.4) is 0 Å². The van der Waals surface area contributed by atoms with Crippen molar-refractivity contribution in [2.45, 2.75) is 226 Å². The van der Waals surface area contributed by atoms with Gasteiger partial charge < -0.3 is 5.32 Å². The maximum absolute atomic E-state index is 4.59. The highest BCUT2D eigenvalue weighted by atomic mass is 14.8. The van der Waals surface area contributed by atoms with E-state index in [2.05, 4.69) is 57.4 Å². The third-order valence-corrected chi connectivity index (χ3v) is 11.0. The maximum Gasteiger partial charge on any atom is -0.00489 e. The van der Waals surface area contributed by atoms with Gasteiger partial charge >= 0.3 is 0 Å². The average Bonchev–Trinajstić information content (AvgIpc) is 3.10. The number of hydrogen-bond acceptors (Lipinski definition) is 1. The van der Waals surface area contributed by atoms with E-state index in [9.17, 15) is 0 Å². The number of benzene rings is 1. The molecule has 0 heterocycles. The highest BCUT2D eigenvalue weighted by molar-refractivity contribution is 5.33. The molecule has 1 nitrogen and oxygen atoms in total. The van der Waals surface area contributed by atoms with Crippen molar-refractivity contribution in [2.24, 2.45) is 5.92 Å². The molecule has 0 aromatic heterocycles. The summed E-state index contributed by atoms with van der Waals surface area (Å²) < 4.78 is 0. The van der Waals surface area contributed by atoms with Gasteiger partial charge in [-0.05, 0) is 107 Å². The van der Waals surface area contributed by atoms with Gasteiger partial charge in [0.1, 0.15) is 0 Å². The van der Waals surface area contributed by atoms with E-state index in [0.29, 0.717) is 0 Å². The highest BCUT2D eigenvalue weighted by Gasteiger charge is 2.11. The number of allylic oxidation sites excluding steroid dienone is 2. The Morgan fingerprint density at radius 2 is 1.00 bits per heavy atom. The third kappa shape index (κ3) is 27.0. The second-order valence-corrected chi connectivity index (χ2v) is 15.9. The first-order valence-corrected chi connectivity index (χ1v) is 22.1. The summed E-state index contributed by atoms with van der Waals surface area (Å²) in [5.74, 6) is 0.892. The topological polar surface area (TPSA) is 12.0 Å². The first kappa shape index (κ1) is 45.7. The molecule has 1 aromatic rings. The maximum atomic E-state index is 4.59. The first-order chi connectivity index (χ1) is 24.0. The van der Waals surface area contributed by atoms with E-state index in [1.807, 2.05) is 7.05 Å². The molecule has 0 saturated carbocycles. The van der Waals surface area contributed by atoms with Crippen LogP contribution in [-0.4, -0.2) is 13.6 Å². The van der Waals surface area contributed by atoms with Crippen LogP contribution in [0.2, 0.25) is 0 Å². The standard InChI is InChI=1S/C48H87N/c1-7-10-13-16-21-25-32-45(33-26-22-17-14-11-8-2)41-44(5)30-24-20-18-19-23-28-34-47-39-38-46(37-36-43(4)31-29-40-49-6)42-48(47)35-27-15-12-9-3/h38-39,42,45,49H,4-5,7-37,40-41H2,1-3,6H3.